The summed E-state index contributed by atoms with van der Waals surface area (Å²) >= 11 is 0. The van der Waals surface area contributed by atoms with Gasteiger partial charge in [-0.25, -0.2) is 0 Å². The Kier molecular flexibility index (Phi) is 7.21. The molecule has 1 aliphatic heterocycles. The van der Waals surface area contributed by atoms with Gasteiger partial charge >= 0.3 is 0 Å². The summed E-state index contributed by atoms with van der Waals surface area (Å²) in [5, 5.41) is 0. The van der Waals surface area contributed by atoms with Crippen LogP contribution in [0.25, 0.3) is 0 Å². The zero-order valence-corrected chi connectivity index (χ0v) is 11.2. The number of carbonyl (C=O) groups excluding carboxylic acids is 1. The first-order chi connectivity index (χ1) is 8.27. The highest BCUT2D eigenvalue weighted by Gasteiger charge is 2.19. The van der Waals surface area contributed by atoms with Crippen molar-refractivity contribution in [3.05, 3.63) is 0 Å². The molecule has 17 heavy (non-hydrogen) atoms. The smallest absolute Gasteiger partial charge is 0.236 e. The zero-order chi connectivity index (χ0) is 12.5. The van der Waals surface area contributed by atoms with Gasteiger partial charge in [-0.3, -0.25) is 9.69 Å². The quantitative estimate of drug-likeness (QED) is 0.678. The Labute approximate surface area is 105 Å². The molecule has 1 heterocycles. The van der Waals surface area contributed by atoms with Crippen molar-refractivity contribution < 1.29 is 4.79 Å². The van der Waals surface area contributed by atoms with Crippen molar-refractivity contribution in [3.63, 3.8) is 0 Å². The Morgan fingerprint density at radius 1 is 1.06 bits per heavy atom. The van der Waals surface area contributed by atoms with Gasteiger partial charge in [0, 0.05) is 26.2 Å². The van der Waals surface area contributed by atoms with Gasteiger partial charge in [-0.2, -0.15) is 0 Å². The van der Waals surface area contributed by atoms with E-state index in [2.05, 4.69) is 11.8 Å². The first kappa shape index (κ1) is 14.5. The van der Waals surface area contributed by atoms with E-state index >= 15 is 0 Å². The molecule has 2 N–H and O–H groups in total. The molecule has 0 radical (unpaired) electrons. The van der Waals surface area contributed by atoms with Crippen molar-refractivity contribution in [2.75, 3.05) is 39.3 Å². The monoisotopic (exact) mass is 241 g/mol. The van der Waals surface area contributed by atoms with Crippen LogP contribution in [0, 0.1) is 0 Å². The fraction of sp³-hybridized carbons (Fsp3) is 0.923. The Balaban J connectivity index is 2.05. The third-order valence-electron chi connectivity index (χ3n) is 3.48. The first-order valence-electron chi connectivity index (χ1n) is 6.98. The van der Waals surface area contributed by atoms with E-state index in [4.69, 9.17) is 5.73 Å². The summed E-state index contributed by atoms with van der Waals surface area (Å²) in [6.45, 7) is 7.31. The maximum atomic E-state index is 11.4. The van der Waals surface area contributed by atoms with E-state index in [0.29, 0.717) is 0 Å². The summed E-state index contributed by atoms with van der Waals surface area (Å²) in [5.41, 5.74) is 5.36. The highest BCUT2D eigenvalue weighted by atomic mass is 16.2. The van der Waals surface area contributed by atoms with Gasteiger partial charge in [-0.1, -0.05) is 32.6 Å². The maximum absolute atomic E-state index is 11.4. The second kappa shape index (κ2) is 8.48. The van der Waals surface area contributed by atoms with Crippen LogP contribution >= 0.6 is 0 Å². The molecular formula is C13H27N3O. The number of amides is 1. The van der Waals surface area contributed by atoms with Crippen LogP contribution in [-0.4, -0.2) is 55.0 Å². The number of piperazine rings is 1. The second-order valence-electron chi connectivity index (χ2n) is 4.84. The lowest BCUT2D eigenvalue weighted by atomic mass is 10.1. The van der Waals surface area contributed by atoms with Crippen molar-refractivity contribution in [1.29, 1.82) is 0 Å². The zero-order valence-electron chi connectivity index (χ0n) is 11.2. The molecule has 0 atom stereocenters. The minimum absolute atomic E-state index is 0.0904. The molecule has 1 amide bonds. The predicted molar refractivity (Wildman–Crippen MR) is 70.8 cm³/mol. The van der Waals surface area contributed by atoms with Crippen molar-refractivity contribution in [2.45, 2.75) is 39.0 Å². The van der Waals surface area contributed by atoms with E-state index in [1.807, 2.05) is 4.90 Å². The number of rotatable bonds is 7. The lowest BCUT2D eigenvalue weighted by molar-refractivity contribution is -0.131. The number of hydrogen-bond acceptors (Lipinski definition) is 3. The molecule has 4 heteroatoms. The first-order valence-corrected chi connectivity index (χ1v) is 6.98. The minimum Gasteiger partial charge on any atom is -0.339 e. The molecule has 0 spiro atoms. The van der Waals surface area contributed by atoms with Crippen molar-refractivity contribution in [2.24, 2.45) is 5.73 Å². The van der Waals surface area contributed by atoms with Crippen LogP contribution in [0.2, 0.25) is 0 Å². The highest BCUT2D eigenvalue weighted by molar-refractivity contribution is 5.78. The number of hydrogen-bond donors (Lipinski definition) is 1. The highest BCUT2D eigenvalue weighted by Crippen LogP contribution is 2.06. The fourth-order valence-corrected chi connectivity index (χ4v) is 2.29. The van der Waals surface area contributed by atoms with Crippen LogP contribution in [-0.2, 0) is 4.79 Å². The molecule has 0 unspecified atom stereocenters. The van der Waals surface area contributed by atoms with Gasteiger partial charge in [0.05, 0.1) is 6.54 Å². The Bertz CT molecular complexity index is 213. The maximum Gasteiger partial charge on any atom is 0.236 e. The summed E-state index contributed by atoms with van der Waals surface area (Å²) in [6, 6.07) is 0. The summed E-state index contributed by atoms with van der Waals surface area (Å²) in [6.07, 6.45) is 6.67. The van der Waals surface area contributed by atoms with Gasteiger partial charge in [0.25, 0.3) is 0 Å². The predicted octanol–water partition coefficient (Wildman–Crippen LogP) is 1.06. The lowest BCUT2D eigenvalue weighted by Crippen LogP contribution is -2.50. The van der Waals surface area contributed by atoms with Crippen LogP contribution in [0.4, 0.5) is 0 Å². The number of unbranched alkanes of at least 4 members (excludes halogenated alkanes) is 4. The third kappa shape index (κ3) is 5.50. The topological polar surface area (TPSA) is 49.6 Å². The normalized spacial score (nSPS) is 17.4. The summed E-state index contributed by atoms with van der Waals surface area (Å²) in [5.74, 6) is 0.0904. The molecule has 0 saturated carbocycles. The SMILES string of the molecule is CCCCCCCN1CCN(C(=O)CN)CC1. The Morgan fingerprint density at radius 2 is 1.71 bits per heavy atom. The van der Waals surface area contributed by atoms with Crippen LogP contribution in [0.3, 0.4) is 0 Å². The summed E-state index contributed by atoms with van der Waals surface area (Å²) in [4.78, 5) is 15.7. The molecule has 100 valence electrons. The van der Waals surface area contributed by atoms with Gasteiger partial charge in [0.1, 0.15) is 0 Å². The molecule has 4 nitrogen and oxygen atoms in total. The van der Waals surface area contributed by atoms with Gasteiger partial charge < -0.3 is 10.6 Å². The number of nitrogens with two attached hydrogens (primary N) is 1. The van der Waals surface area contributed by atoms with Gasteiger partial charge in [-0.05, 0) is 13.0 Å². The molecule has 1 saturated heterocycles. The van der Waals surface area contributed by atoms with Crippen molar-refractivity contribution in [1.82, 2.24) is 9.80 Å². The number of nitrogens with zero attached hydrogens (tertiary/aromatic N) is 2. The van der Waals surface area contributed by atoms with Crippen LogP contribution in [0.1, 0.15) is 39.0 Å². The standard InChI is InChI=1S/C13H27N3O/c1-2-3-4-5-6-7-15-8-10-16(11-9-15)13(17)12-14/h2-12,14H2,1H3. The van der Waals surface area contributed by atoms with Crippen LogP contribution in [0.15, 0.2) is 0 Å². The number of carbonyl (C=O) groups is 1. The Hall–Kier alpha value is -0.610. The molecule has 1 aliphatic rings. The van der Waals surface area contributed by atoms with Crippen LogP contribution in [0.5, 0.6) is 0 Å². The third-order valence-corrected chi connectivity index (χ3v) is 3.48. The largest absolute Gasteiger partial charge is 0.339 e. The summed E-state index contributed by atoms with van der Waals surface area (Å²) < 4.78 is 0. The average molecular weight is 241 g/mol. The van der Waals surface area contributed by atoms with E-state index in [1.165, 1.54) is 38.6 Å². The molecule has 1 fully saturated rings. The molecule has 0 aromatic rings. The summed E-state index contributed by atoms with van der Waals surface area (Å²) in [7, 11) is 0. The molecule has 0 aromatic heterocycles. The second-order valence-corrected chi connectivity index (χ2v) is 4.84. The average Bonchev–Trinajstić information content (AvgIpc) is 2.38. The van der Waals surface area contributed by atoms with E-state index in [1.54, 1.807) is 0 Å². The van der Waals surface area contributed by atoms with Gasteiger partial charge in [0.15, 0.2) is 0 Å². The molecule has 0 aromatic carbocycles. The van der Waals surface area contributed by atoms with Gasteiger partial charge in [0.2, 0.25) is 5.91 Å². The lowest BCUT2D eigenvalue weighted by Gasteiger charge is -2.34. The van der Waals surface area contributed by atoms with E-state index in [0.717, 1.165) is 26.2 Å². The molecule has 0 aliphatic carbocycles. The van der Waals surface area contributed by atoms with E-state index < -0.39 is 0 Å². The van der Waals surface area contributed by atoms with Crippen molar-refractivity contribution in [3.8, 4) is 0 Å². The van der Waals surface area contributed by atoms with Crippen LogP contribution < -0.4 is 5.73 Å². The van der Waals surface area contributed by atoms with E-state index in [-0.39, 0.29) is 12.5 Å². The fourth-order valence-electron chi connectivity index (χ4n) is 2.29. The Morgan fingerprint density at radius 3 is 2.29 bits per heavy atom. The van der Waals surface area contributed by atoms with Crippen molar-refractivity contribution >= 4 is 5.91 Å². The van der Waals surface area contributed by atoms with Gasteiger partial charge in [-0.15, -0.1) is 0 Å². The molecule has 0 bridgehead atoms. The minimum atomic E-state index is 0.0904. The molecular weight excluding hydrogens is 214 g/mol. The molecule has 1 rings (SSSR count). The van der Waals surface area contributed by atoms with E-state index in [9.17, 15) is 4.79 Å².